The summed E-state index contributed by atoms with van der Waals surface area (Å²) in [7, 11) is 0. The van der Waals surface area contributed by atoms with Gasteiger partial charge in [0, 0.05) is 12.6 Å². The average molecular weight is 306 g/mol. The maximum atomic E-state index is 11.9. The number of carbonyl (C=O) groups excluding carboxylic acids is 1. The van der Waals surface area contributed by atoms with E-state index >= 15 is 0 Å². The predicted octanol–water partition coefficient (Wildman–Crippen LogP) is 2.84. The zero-order valence-electron chi connectivity index (χ0n) is 12.9. The smallest absolute Gasteiger partial charge is 0.315 e. The van der Waals surface area contributed by atoms with E-state index in [9.17, 15) is 15.0 Å². The highest BCUT2D eigenvalue weighted by Gasteiger charge is 2.15. The maximum Gasteiger partial charge on any atom is 0.315 e. The van der Waals surface area contributed by atoms with Crippen LogP contribution in [0.4, 0.5) is 4.79 Å². The summed E-state index contributed by atoms with van der Waals surface area (Å²) in [4.78, 5) is 11.9. The number of benzene rings is 1. The minimum atomic E-state index is -0.824. The number of hydrogen-bond acceptors (Lipinski definition) is 3. The van der Waals surface area contributed by atoms with Crippen LogP contribution in [0.25, 0.3) is 0 Å². The van der Waals surface area contributed by atoms with E-state index in [1.807, 2.05) is 0 Å². The molecule has 122 valence electrons. The van der Waals surface area contributed by atoms with E-state index in [0.717, 1.165) is 25.7 Å². The molecule has 2 rings (SSSR count). The Bertz CT molecular complexity index is 471. The lowest BCUT2D eigenvalue weighted by molar-refractivity contribution is 0.172. The molecule has 0 radical (unpaired) electrons. The first-order valence-corrected chi connectivity index (χ1v) is 8.16. The van der Waals surface area contributed by atoms with Crippen molar-refractivity contribution < 1.29 is 15.0 Å². The first kappa shape index (κ1) is 16.6. The van der Waals surface area contributed by atoms with Crippen LogP contribution in [0.1, 0.15) is 56.6 Å². The molecule has 1 saturated carbocycles. The number of phenols is 1. The van der Waals surface area contributed by atoms with Gasteiger partial charge in [0.05, 0.1) is 6.10 Å². The van der Waals surface area contributed by atoms with E-state index in [1.54, 1.807) is 18.2 Å². The second kappa shape index (κ2) is 8.63. The van der Waals surface area contributed by atoms with Crippen molar-refractivity contribution >= 4 is 6.03 Å². The Hall–Kier alpha value is -1.75. The van der Waals surface area contributed by atoms with E-state index in [-0.39, 0.29) is 24.4 Å². The summed E-state index contributed by atoms with van der Waals surface area (Å²) in [5.41, 5.74) is 0.589. The molecule has 1 aliphatic carbocycles. The second-order valence-corrected chi connectivity index (χ2v) is 6.01. The van der Waals surface area contributed by atoms with E-state index in [1.165, 1.54) is 25.3 Å². The molecule has 0 heterocycles. The summed E-state index contributed by atoms with van der Waals surface area (Å²) < 4.78 is 0. The Kier molecular flexibility index (Phi) is 6.52. The van der Waals surface area contributed by atoms with Crippen molar-refractivity contribution in [2.75, 3.05) is 6.54 Å². The zero-order valence-corrected chi connectivity index (χ0v) is 12.9. The molecule has 2 amide bonds. The zero-order chi connectivity index (χ0) is 15.8. The molecule has 5 nitrogen and oxygen atoms in total. The fourth-order valence-electron chi connectivity index (χ4n) is 2.88. The van der Waals surface area contributed by atoms with Crippen molar-refractivity contribution in [3.8, 4) is 5.75 Å². The van der Waals surface area contributed by atoms with Gasteiger partial charge < -0.3 is 20.8 Å². The van der Waals surface area contributed by atoms with E-state index in [4.69, 9.17) is 0 Å². The summed E-state index contributed by atoms with van der Waals surface area (Å²) >= 11 is 0. The minimum absolute atomic E-state index is 0.107. The van der Waals surface area contributed by atoms with Gasteiger partial charge in [-0.3, -0.25) is 0 Å². The van der Waals surface area contributed by atoms with Gasteiger partial charge in [-0.15, -0.1) is 0 Å². The highest BCUT2D eigenvalue weighted by Crippen LogP contribution is 2.18. The number of aromatic hydroxyl groups is 1. The highest BCUT2D eigenvalue weighted by atomic mass is 16.3. The monoisotopic (exact) mass is 306 g/mol. The Morgan fingerprint density at radius 2 is 1.86 bits per heavy atom. The molecule has 0 aliphatic heterocycles. The molecule has 1 fully saturated rings. The van der Waals surface area contributed by atoms with Crippen LogP contribution in [0.2, 0.25) is 0 Å². The number of phenolic OH excluding ortho intramolecular Hbond substituents is 1. The van der Waals surface area contributed by atoms with Gasteiger partial charge in [0.2, 0.25) is 0 Å². The van der Waals surface area contributed by atoms with Gasteiger partial charge in [-0.25, -0.2) is 4.79 Å². The average Bonchev–Trinajstić information content (AvgIpc) is 2.47. The van der Waals surface area contributed by atoms with Crippen molar-refractivity contribution in [1.82, 2.24) is 10.6 Å². The Morgan fingerprint density at radius 1 is 1.18 bits per heavy atom. The van der Waals surface area contributed by atoms with Crippen LogP contribution >= 0.6 is 0 Å². The largest absolute Gasteiger partial charge is 0.508 e. The number of urea groups is 1. The lowest BCUT2D eigenvalue weighted by Crippen LogP contribution is -2.43. The molecule has 5 heteroatoms. The fourth-order valence-corrected chi connectivity index (χ4v) is 2.88. The molecule has 1 aliphatic rings. The molecule has 0 bridgehead atoms. The van der Waals surface area contributed by atoms with Gasteiger partial charge in [0.25, 0.3) is 0 Å². The molecule has 0 unspecified atom stereocenters. The fraction of sp³-hybridized carbons (Fsp3) is 0.588. The summed E-state index contributed by atoms with van der Waals surface area (Å²) in [5, 5.41) is 25.1. The lowest BCUT2D eigenvalue weighted by atomic mass is 9.97. The highest BCUT2D eigenvalue weighted by molar-refractivity contribution is 5.74. The molecule has 1 atom stereocenters. The summed E-state index contributed by atoms with van der Waals surface area (Å²) in [5.74, 6) is 0.107. The quantitative estimate of drug-likeness (QED) is 0.690. The number of hydrogen-bond donors (Lipinski definition) is 4. The molecular weight excluding hydrogens is 280 g/mol. The van der Waals surface area contributed by atoms with Crippen LogP contribution in [0.15, 0.2) is 24.3 Å². The molecule has 0 aromatic heterocycles. The third-order valence-corrected chi connectivity index (χ3v) is 4.15. The molecule has 1 aromatic rings. The second-order valence-electron chi connectivity index (χ2n) is 6.01. The molecular formula is C17H26N2O3. The van der Waals surface area contributed by atoms with Gasteiger partial charge in [-0.2, -0.15) is 0 Å². The number of aliphatic hydroxyl groups is 1. The SMILES string of the molecule is O=C(NC[C@@H](O)c1cccc(O)c1)NC1CCCCCCC1. The minimum Gasteiger partial charge on any atom is -0.508 e. The number of carbonyl (C=O) groups is 1. The third-order valence-electron chi connectivity index (χ3n) is 4.15. The van der Waals surface area contributed by atoms with Crippen molar-refractivity contribution in [3.05, 3.63) is 29.8 Å². The van der Waals surface area contributed by atoms with E-state index in [0.29, 0.717) is 5.56 Å². The predicted molar refractivity (Wildman–Crippen MR) is 85.7 cm³/mol. The van der Waals surface area contributed by atoms with Crippen LogP contribution in [0.5, 0.6) is 5.75 Å². The maximum absolute atomic E-state index is 11.9. The molecule has 1 aromatic carbocycles. The van der Waals surface area contributed by atoms with Gasteiger partial charge in [-0.05, 0) is 30.5 Å². The van der Waals surface area contributed by atoms with Crippen LogP contribution in [-0.4, -0.2) is 28.8 Å². The molecule has 0 spiro atoms. The third kappa shape index (κ3) is 5.56. The van der Waals surface area contributed by atoms with Crippen molar-refractivity contribution in [2.24, 2.45) is 0 Å². The first-order chi connectivity index (χ1) is 10.6. The normalized spacial score (nSPS) is 18.0. The van der Waals surface area contributed by atoms with Gasteiger partial charge >= 0.3 is 6.03 Å². The summed E-state index contributed by atoms with van der Waals surface area (Å²) in [6.07, 6.45) is 7.36. The Balaban J connectivity index is 1.74. The summed E-state index contributed by atoms with van der Waals surface area (Å²) in [6, 6.07) is 6.44. The molecule has 4 N–H and O–H groups in total. The topological polar surface area (TPSA) is 81.6 Å². The summed E-state index contributed by atoms with van der Waals surface area (Å²) in [6.45, 7) is 0.127. The van der Waals surface area contributed by atoms with Crippen LogP contribution in [-0.2, 0) is 0 Å². The van der Waals surface area contributed by atoms with E-state index < -0.39 is 6.10 Å². The van der Waals surface area contributed by atoms with Gasteiger partial charge in [0.1, 0.15) is 5.75 Å². The van der Waals surface area contributed by atoms with Crippen LogP contribution in [0, 0.1) is 0 Å². The van der Waals surface area contributed by atoms with Crippen LogP contribution < -0.4 is 10.6 Å². The van der Waals surface area contributed by atoms with Crippen molar-refractivity contribution in [3.63, 3.8) is 0 Å². The molecule has 22 heavy (non-hydrogen) atoms. The lowest BCUT2D eigenvalue weighted by Gasteiger charge is -2.21. The Labute approximate surface area is 131 Å². The van der Waals surface area contributed by atoms with Crippen LogP contribution in [0.3, 0.4) is 0 Å². The van der Waals surface area contributed by atoms with Gasteiger partial charge in [0.15, 0.2) is 0 Å². The Morgan fingerprint density at radius 3 is 2.55 bits per heavy atom. The number of nitrogens with one attached hydrogen (secondary N) is 2. The van der Waals surface area contributed by atoms with Crippen molar-refractivity contribution in [1.29, 1.82) is 0 Å². The molecule has 0 saturated heterocycles. The first-order valence-electron chi connectivity index (χ1n) is 8.16. The number of aliphatic hydroxyl groups excluding tert-OH is 1. The number of rotatable bonds is 4. The van der Waals surface area contributed by atoms with Crippen molar-refractivity contribution in [2.45, 2.75) is 57.1 Å². The number of amides is 2. The van der Waals surface area contributed by atoms with E-state index in [2.05, 4.69) is 10.6 Å². The van der Waals surface area contributed by atoms with Gasteiger partial charge in [-0.1, -0.05) is 44.2 Å². The standard InChI is InChI=1S/C17H26N2O3/c20-15-10-6-7-13(11-15)16(21)12-18-17(22)19-14-8-4-2-1-3-5-9-14/h6-7,10-11,14,16,20-21H,1-5,8-9,12H2,(H2,18,19,22)/t16-/m1/s1.